The maximum atomic E-state index is 12.5. The Morgan fingerprint density at radius 2 is 2.11 bits per heavy atom. The maximum absolute atomic E-state index is 12.5. The zero-order valence-electron chi connectivity index (χ0n) is 15.2. The normalized spacial score (nSPS) is 10.5. The number of ether oxygens (including phenoxy) is 1. The van der Waals surface area contributed by atoms with Crippen LogP contribution in [0.2, 0.25) is 0 Å². The number of esters is 1. The van der Waals surface area contributed by atoms with Gasteiger partial charge >= 0.3 is 5.97 Å². The van der Waals surface area contributed by atoms with Gasteiger partial charge in [0.2, 0.25) is 5.91 Å². The molecule has 0 aliphatic heterocycles. The van der Waals surface area contributed by atoms with Gasteiger partial charge in [-0.3, -0.25) is 14.2 Å². The predicted octanol–water partition coefficient (Wildman–Crippen LogP) is 2.45. The summed E-state index contributed by atoms with van der Waals surface area (Å²) in [6, 6.07) is 8.84. The minimum absolute atomic E-state index is 0.199. The zero-order valence-corrected chi connectivity index (χ0v) is 16.0. The van der Waals surface area contributed by atoms with Crippen molar-refractivity contribution < 1.29 is 14.3 Å². The molecule has 0 aliphatic carbocycles. The van der Waals surface area contributed by atoms with Gasteiger partial charge in [-0.15, -0.1) is 11.3 Å². The van der Waals surface area contributed by atoms with Gasteiger partial charge in [0.05, 0.1) is 29.4 Å². The molecule has 0 saturated carbocycles. The molecule has 0 bridgehead atoms. The van der Waals surface area contributed by atoms with Crippen LogP contribution in [0, 0.1) is 18.3 Å². The van der Waals surface area contributed by atoms with Gasteiger partial charge in [0, 0.05) is 0 Å². The molecule has 3 rings (SSSR count). The molecule has 1 aromatic carbocycles. The van der Waals surface area contributed by atoms with Crippen molar-refractivity contribution in [1.29, 1.82) is 5.26 Å². The SMILES string of the molecule is CCOC(=O)c1sc(NC(=O)Cn2cnc3ccccc3c2=O)c(C#N)c1C. The lowest BCUT2D eigenvalue weighted by atomic mass is 10.2. The Morgan fingerprint density at radius 1 is 1.36 bits per heavy atom. The highest BCUT2D eigenvalue weighted by Gasteiger charge is 2.22. The summed E-state index contributed by atoms with van der Waals surface area (Å²) in [6.45, 7) is 3.24. The van der Waals surface area contributed by atoms with E-state index in [-0.39, 0.29) is 34.2 Å². The minimum atomic E-state index is -0.544. The van der Waals surface area contributed by atoms with Crippen molar-refractivity contribution in [2.45, 2.75) is 20.4 Å². The number of carbonyl (C=O) groups excluding carboxylic acids is 2. The number of rotatable bonds is 5. The molecule has 0 saturated heterocycles. The third-order valence-corrected chi connectivity index (χ3v) is 5.21. The molecule has 0 atom stereocenters. The summed E-state index contributed by atoms with van der Waals surface area (Å²) in [5.41, 5.74) is 0.857. The van der Waals surface area contributed by atoms with Crippen molar-refractivity contribution in [2.75, 3.05) is 11.9 Å². The van der Waals surface area contributed by atoms with Crippen molar-refractivity contribution in [3.8, 4) is 6.07 Å². The lowest BCUT2D eigenvalue weighted by molar-refractivity contribution is -0.116. The number of nitriles is 1. The number of benzene rings is 1. The zero-order chi connectivity index (χ0) is 20.3. The molecule has 1 amide bonds. The average Bonchev–Trinajstić information content (AvgIpc) is 2.99. The molecule has 1 N–H and O–H groups in total. The fourth-order valence-electron chi connectivity index (χ4n) is 2.67. The third kappa shape index (κ3) is 3.63. The molecular weight excluding hydrogens is 380 g/mol. The second-order valence-corrected chi connectivity index (χ2v) is 6.86. The van der Waals surface area contributed by atoms with Gasteiger partial charge in [-0.1, -0.05) is 12.1 Å². The van der Waals surface area contributed by atoms with Crippen LogP contribution in [0.3, 0.4) is 0 Å². The van der Waals surface area contributed by atoms with Crippen LogP contribution in [-0.2, 0) is 16.1 Å². The van der Waals surface area contributed by atoms with E-state index in [1.165, 1.54) is 10.9 Å². The fourth-order valence-corrected chi connectivity index (χ4v) is 3.73. The average molecular weight is 396 g/mol. The van der Waals surface area contributed by atoms with Gasteiger partial charge in [-0.2, -0.15) is 5.26 Å². The number of thiophene rings is 1. The summed E-state index contributed by atoms with van der Waals surface area (Å²) < 4.78 is 6.17. The Hall–Kier alpha value is -3.51. The number of nitrogens with one attached hydrogen (secondary N) is 1. The Kier molecular flexibility index (Phi) is 5.52. The highest BCUT2D eigenvalue weighted by atomic mass is 32.1. The highest BCUT2D eigenvalue weighted by molar-refractivity contribution is 7.18. The van der Waals surface area contributed by atoms with Crippen LogP contribution in [-0.4, -0.2) is 28.0 Å². The summed E-state index contributed by atoms with van der Waals surface area (Å²) in [5.74, 6) is -1.05. The maximum Gasteiger partial charge on any atom is 0.348 e. The van der Waals surface area contributed by atoms with E-state index in [0.717, 1.165) is 11.3 Å². The molecule has 8 nitrogen and oxygen atoms in total. The monoisotopic (exact) mass is 396 g/mol. The van der Waals surface area contributed by atoms with E-state index in [1.807, 2.05) is 6.07 Å². The molecule has 0 radical (unpaired) electrons. The molecule has 0 aliphatic rings. The molecule has 9 heteroatoms. The lowest BCUT2D eigenvalue weighted by Crippen LogP contribution is -2.27. The molecule has 3 aromatic rings. The number of carbonyl (C=O) groups is 2. The summed E-state index contributed by atoms with van der Waals surface area (Å²) in [7, 11) is 0. The van der Waals surface area contributed by atoms with Crippen LogP contribution in [0.5, 0.6) is 0 Å². The Labute approximate surface area is 164 Å². The number of hydrogen-bond acceptors (Lipinski definition) is 7. The van der Waals surface area contributed by atoms with Gasteiger partial charge in [0.15, 0.2) is 0 Å². The van der Waals surface area contributed by atoms with Crippen LogP contribution in [0.4, 0.5) is 5.00 Å². The van der Waals surface area contributed by atoms with Crippen LogP contribution in [0.25, 0.3) is 10.9 Å². The van der Waals surface area contributed by atoms with Crippen LogP contribution in [0.15, 0.2) is 35.4 Å². The van der Waals surface area contributed by atoms with E-state index in [1.54, 1.807) is 38.1 Å². The van der Waals surface area contributed by atoms with Crippen LogP contribution >= 0.6 is 11.3 Å². The van der Waals surface area contributed by atoms with Gasteiger partial charge in [0.25, 0.3) is 5.56 Å². The molecule has 0 spiro atoms. The highest BCUT2D eigenvalue weighted by Crippen LogP contribution is 2.33. The van der Waals surface area contributed by atoms with E-state index in [2.05, 4.69) is 10.3 Å². The molecular formula is C19H16N4O4S. The van der Waals surface area contributed by atoms with Crippen molar-refractivity contribution in [1.82, 2.24) is 9.55 Å². The third-order valence-electron chi connectivity index (χ3n) is 4.02. The fraction of sp³-hybridized carbons (Fsp3) is 0.211. The van der Waals surface area contributed by atoms with Gasteiger partial charge in [-0.25, -0.2) is 9.78 Å². The summed E-state index contributed by atoms with van der Waals surface area (Å²) >= 11 is 0.972. The number of hydrogen-bond donors (Lipinski definition) is 1. The number of aromatic nitrogens is 2. The molecule has 28 heavy (non-hydrogen) atoms. The van der Waals surface area contributed by atoms with Gasteiger partial charge < -0.3 is 10.1 Å². The summed E-state index contributed by atoms with van der Waals surface area (Å²) in [6.07, 6.45) is 1.30. The van der Waals surface area contributed by atoms with Crippen molar-refractivity contribution >= 4 is 39.1 Å². The Bertz CT molecular complexity index is 1170. The van der Waals surface area contributed by atoms with Crippen LogP contribution < -0.4 is 10.9 Å². The second-order valence-electron chi connectivity index (χ2n) is 5.84. The molecule has 142 valence electrons. The number of anilines is 1. The number of amides is 1. The van der Waals surface area contributed by atoms with Crippen LogP contribution in [0.1, 0.15) is 27.7 Å². The largest absolute Gasteiger partial charge is 0.462 e. The van der Waals surface area contributed by atoms with Crippen molar-refractivity contribution in [3.05, 3.63) is 57.0 Å². The summed E-state index contributed by atoms with van der Waals surface area (Å²) in [4.78, 5) is 41.4. The first kappa shape index (κ1) is 19.3. The van der Waals surface area contributed by atoms with Gasteiger partial charge in [0.1, 0.15) is 22.5 Å². The second kappa shape index (κ2) is 8.02. The van der Waals surface area contributed by atoms with Crippen molar-refractivity contribution in [2.24, 2.45) is 0 Å². The number of nitrogens with zero attached hydrogens (tertiary/aromatic N) is 3. The quantitative estimate of drug-likeness (QED) is 0.663. The van der Waals surface area contributed by atoms with E-state index >= 15 is 0 Å². The smallest absolute Gasteiger partial charge is 0.348 e. The first-order valence-corrected chi connectivity index (χ1v) is 9.22. The number of para-hydroxylation sites is 1. The van der Waals surface area contributed by atoms with E-state index in [9.17, 15) is 19.6 Å². The first-order valence-electron chi connectivity index (χ1n) is 8.40. The van der Waals surface area contributed by atoms with E-state index in [0.29, 0.717) is 16.5 Å². The Morgan fingerprint density at radius 3 is 2.82 bits per heavy atom. The predicted molar refractivity (Wildman–Crippen MR) is 104 cm³/mol. The lowest BCUT2D eigenvalue weighted by Gasteiger charge is -2.07. The summed E-state index contributed by atoms with van der Waals surface area (Å²) in [5, 5.41) is 12.6. The first-order chi connectivity index (χ1) is 13.5. The number of fused-ring (bicyclic) bond motifs is 1. The van der Waals surface area contributed by atoms with Gasteiger partial charge in [-0.05, 0) is 31.5 Å². The van der Waals surface area contributed by atoms with Crippen molar-refractivity contribution in [3.63, 3.8) is 0 Å². The van der Waals surface area contributed by atoms with E-state index in [4.69, 9.17) is 4.74 Å². The molecule has 0 unspecified atom stereocenters. The molecule has 0 fully saturated rings. The standard InChI is InChI=1S/C19H16N4O4S/c1-3-27-19(26)16-11(2)13(8-20)17(28-16)22-15(24)9-23-10-21-14-7-5-4-6-12(14)18(23)25/h4-7,10H,3,9H2,1-2H3,(H,22,24). The Balaban J connectivity index is 1.85. The minimum Gasteiger partial charge on any atom is -0.462 e. The molecule has 2 aromatic heterocycles. The topological polar surface area (TPSA) is 114 Å². The van der Waals surface area contributed by atoms with E-state index < -0.39 is 11.9 Å². The molecule has 2 heterocycles.